The van der Waals surface area contributed by atoms with Crippen molar-refractivity contribution >= 4 is 41.6 Å². The van der Waals surface area contributed by atoms with Crippen LogP contribution in [0, 0.1) is 0 Å². The summed E-state index contributed by atoms with van der Waals surface area (Å²) in [5.74, 6) is -0.552. The van der Waals surface area contributed by atoms with E-state index in [2.05, 4.69) is 20.0 Å². The number of hydrogen-bond acceptors (Lipinski definition) is 12. The summed E-state index contributed by atoms with van der Waals surface area (Å²) in [6.07, 6.45) is 0.399. The number of aliphatic hydroxyl groups excluding tert-OH is 1. The van der Waals surface area contributed by atoms with Crippen LogP contribution in [0.2, 0.25) is 0 Å². The number of nitrogens with zero attached hydrogens (tertiary/aromatic N) is 3. The van der Waals surface area contributed by atoms with E-state index in [1.54, 1.807) is 24.3 Å². The Kier molecular flexibility index (Phi) is 8.41. The topological polar surface area (TPSA) is 213 Å². The Bertz CT molecular complexity index is 1820. The van der Waals surface area contributed by atoms with Crippen molar-refractivity contribution in [2.45, 2.75) is 75.7 Å². The molecule has 15 nitrogen and oxygen atoms in total. The SMILES string of the molecule is C[C@H](NP(=O)(OC[C@H]1O[C@@H](n2cnc3c(=O)[nH]c(N)nc32)[C@](C)(O)[C@@H]1O)Oc1cccc2ccccc12)C(=O)OC1CCCC1. The second-order valence-corrected chi connectivity index (χ2v) is 13.2. The number of hydrogen-bond donors (Lipinski definition) is 5. The number of anilines is 1. The third-order valence-electron chi connectivity index (χ3n) is 8.13. The van der Waals surface area contributed by atoms with Crippen molar-refractivity contribution in [1.82, 2.24) is 24.6 Å². The van der Waals surface area contributed by atoms with Crippen LogP contribution in [0.1, 0.15) is 45.8 Å². The van der Waals surface area contributed by atoms with Crippen molar-refractivity contribution in [2.75, 3.05) is 12.3 Å². The van der Waals surface area contributed by atoms with Gasteiger partial charge in [-0.1, -0.05) is 36.4 Å². The fourth-order valence-corrected chi connectivity index (χ4v) is 7.24. The maximum Gasteiger partial charge on any atom is 0.459 e. The number of nitrogen functional groups attached to an aromatic ring is 1. The van der Waals surface area contributed by atoms with Crippen LogP contribution in [0.3, 0.4) is 0 Å². The number of aromatic nitrogens is 4. The van der Waals surface area contributed by atoms with E-state index in [9.17, 15) is 24.4 Å². The number of carbonyl (C=O) groups excluding carboxylic acids is 1. The van der Waals surface area contributed by atoms with Gasteiger partial charge in [0, 0.05) is 5.39 Å². The van der Waals surface area contributed by atoms with Crippen LogP contribution in [0.15, 0.2) is 53.6 Å². The Morgan fingerprint density at radius 2 is 2.00 bits per heavy atom. The Labute approximate surface area is 257 Å². The number of imidazole rings is 1. The molecule has 6 rings (SSSR count). The number of benzene rings is 2. The minimum Gasteiger partial charge on any atom is -0.461 e. The van der Waals surface area contributed by atoms with E-state index in [0.717, 1.165) is 31.1 Å². The van der Waals surface area contributed by atoms with Gasteiger partial charge in [0.05, 0.1) is 12.9 Å². The smallest absolute Gasteiger partial charge is 0.459 e. The normalized spacial score (nSPS) is 25.8. The van der Waals surface area contributed by atoms with E-state index in [-0.39, 0.29) is 29.0 Å². The van der Waals surface area contributed by atoms with Gasteiger partial charge >= 0.3 is 13.7 Å². The van der Waals surface area contributed by atoms with Gasteiger partial charge in [0.25, 0.3) is 5.56 Å². The number of carbonyl (C=O) groups is 1. The molecule has 4 aromatic rings. The molecule has 0 amide bonds. The number of nitrogens with two attached hydrogens (primary N) is 1. The van der Waals surface area contributed by atoms with E-state index in [1.165, 1.54) is 24.7 Å². The summed E-state index contributed by atoms with van der Waals surface area (Å²) in [5.41, 5.74) is 3.16. The van der Waals surface area contributed by atoms with Gasteiger partial charge in [0.15, 0.2) is 17.4 Å². The lowest BCUT2D eigenvalue weighted by Crippen LogP contribution is -2.44. The van der Waals surface area contributed by atoms with E-state index in [0.29, 0.717) is 5.39 Å². The monoisotopic (exact) mass is 642 g/mol. The highest BCUT2D eigenvalue weighted by molar-refractivity contribution is 7.52. The van der Waals surface area contributed by atoms with Gasteiger partial charge in [-0.2, -0.15) is 10.1 Å². The van der Waals surface area contributed by atoms with Crippen LogP contribution >= 0.6 is 7.75 Å². The molecule has 1 unspecified atom stereocenters. The van der Waals surface area contributed by atoms with Gasteiger partial charge in [-0.3, -0.25) is 23.7 Å². The van der Waals surface area contributed by atoms with E-state index in [1.807, 2.05) is 18.2 Å². The van der Waals surface area contributed by atoms with Crippen molar-refractivity contribution in [3.05, 3.63) is 59.1 Å². The van der Waals surface area contributed by atoms with E-state index < -0.39 is 56.0 Å². The molecule has 1 saturated heterocycles. The lowest BCUT2D eigenvalue weighted by atomic mass is 9.96. The zero-order chi connectivity index (χ0) is 31.9. The molecule has 2 fully saturated rings. The lowest BCUT2D eigenvalue weighted by Gasteiger charge is -2.27. The molecule has 0 bridgehead atoms. The molecule has 0 radical (unpaired) electrons. The summed E-state index contributed by atoms with van der Waals surface area (Å²) >= 11 is 0. The van der Waals surface area contributed by atoms with Gasteiger partial charge in [0.2, 0.25) is 5.95 Å². The van der Waals surface area contributed by atoms with Crippen molar-refractivity contribution < 1.29 is 38.1 Å². The number of ether oxygens (including phenoxy) is 2. The Hall–Kier alpha value is -3.85. The third kappa shape index (κ3) is 6.19. The molecular formula is C29H35N6O9P. The maximum atomic E-state index is 14.3. The highest BCUT2D eigenvalue weighted by Gasteiger charge is 2.54. The highest BCUT2D eigenvalue weighted by Crippen LogP contribution is 2.48. The molecule has 1 aliphatic carbocycles. The second-order valence-electron chi connectivity index (χ2n) is 11.5. The average Bonchev–Trinajstić information content (AvgIpc) is 3.71. The predicted octanol–water partition coefficient (Wildman–Crippen LogP) is 2.53. The first-order valence-electron chi connectivity index (χ1n) is 14.6. The van der Waals surface area contributed by atoms with E-state index >= 15 is 0 Å². The van der Waals surface area contributed by atoms with Crippen molar-refractivity contribution in [2.24, 2.45) is 0 Å². The molecule has 0 spiro atoms. The van der Waals surface area contributed by atoms with Gasteiger partial charge < -0.3 is 29.9 Å². The fraction of sp³-hybridized carbons (Fsp3) is 0.448. The fourth-order valence-electron chi connectivity index (χ4n) is 5.72. The third-order valence-corrected chi connectivity index (χ3v) is 9.75. The summed E-state index contributed by atoms with van der Waals surface area (Å²) in [7, 11) is -4.37. The minimum atomic E-state index is -4.37. The van der Waals surface area contributed by atoms with Crippen LogP contribution in [0.25, 0.3) is 21.9 Å². The molecule has 2 aromatic heterocycles. The maximum absolute atomic E-state index is 14.3. The molecule has 6 N–H and O–H groups in total. The van der Waals surface area contributed by atoms with Crippen LogP contribution in [-0.4, -0.2) is 72.3 Å². The quantitative estimate of drug-likeness (QED) is 0.124. The van der Waals surface area contributed by atoms with Crippen molar-refractivity contribution in [3.63, 3.8) is 0 Å². The van der Waals surface area contributed by atoms with Crippen molar-refractivity contribution in [1.29, 1.82) is 0 Å². The Morgan fingerprint density at radius 3 is 2.78 bits per heavy atom. The molecule has 2 aliphatic rings. The van der Waals surface area contributed by atoms with Gasteiger partial charge in [0.1, 0.15) is 35.7 Å². The average molecular weight is 643 g/mol. The van der Waals surface area contributed by atoms with Crippen molar-refractivity contribution in [3.8, 4) is 5.75 Å². The summed E-state index contributed by atoms with van der Waals surface area (Å²) in [4.78, 5) is 35.7. The molecule has 1 aliphatic heterocycles. The standard InChI is InChI=1S/C29H35N6O9P/c1-16(26(38)42-18-10-4-5-11-18)34-45(40,44-20-13-7-9-17-8-3-6-12-19(17)20)41-14-21-23(36)29(2,39)27(43-21)35-15-31-22-24(35)32-28(30)33-25(22)37/h3,6-9,12-13,15-16,18,21,23,27,36,39H,4-5,10-11,14H2,1-2H3,(H,34,40)(H3,30,32,33,37)/t16-,21+,23+,27+,29+,45?/m0/s1. The van der Waals surface area contributed by atoms with Crippen LogP contribution < -0.4 is 20.9 Å². The summed E-state index contributed by atoms with van der Waals surface area (Å²) < 4.78 is 39.0. The first kappa shape index (κ1) is 31.1. The minimum absolute atomic E-state index is 0.0246. The van der Waals surface area contributed by atoms with Crippen LogP contribution in [0.4, 0.5) is 5.95 Å². The number of fused-ring (bicyclic) bond motifs is 2. The molecule has 16 heteroatoms. The first-order valence-corrected chi connectivity index (χ1v) is 16.2. The Balaban J connectivity index is 1.25. The summed E-state index contributed by atoms with van der Waals surface area (Å²) in [6.45, 7) is 2.29. The van der Waals surface area contributed by atoms with Crippen LogP contribution in [0.5, 0.6) is 5.75 Å². The summed E-state index contributed by atoms with van der Waals surface area (Å²) in [5, 5.41) is 26.5. The molecule has 3 heterocycles. The zero-order valence-corrected chi connectivity index (χ0v) is 25.6. The number of rotatable bonds is 10. The van der Waals surface area contributed by atoms with Gasteiger partial charge in [-0.05, 0) is 51.0 Å². The summed E-state index contributed by atoms with van der Waals surface area (Å²) in [6, 6.07) is 11.4. The predicted molar refractivity (Wildman–Crippen MR) is 162 cm³/mol. The number of aromatic amines is 1. The molecule has 45 heavy (non-hydrogen) atoms. The molecule has 2 aromatic carbocycles. The number of esters is 1. The molecule has 6 atom stereocenters. The molecular weight excluding hydrogens is 607 g/mol. The number of H-pyrrole nitrogens is 1. The zero-order valence-electron chi connectivity index (χ0n) is 24.7. The van der Waals surface area contributed by atoms with Crippen LogP contribution in [-0.2, 0) is 23.4 Å². The number of aliphatic hydroxyl groups is 2. The highest BCUT2D eigenvalue weighted by atomic mass is 31.2. The second kappa shape index (κ2) is 12.2. The largest absolute Gasteiger partial charge is 0.461 e. The molecule has 1 saturated carbocycles. The number of nitrogens with one attached hydrogen (secondary N) is 2. The first-order chi connectivity index (χ1) is 21.4. The van der Waals surface area contributed by atoms with E-state index in [4.69, 9.17) is 24.3 Å². The Morgan fingerprint density at radius 1 is 1.27 bits per heavy atom. The van der Waals surface area contributed by atoms with Gasteiger partial charge in [-0.15, -0.1) is 0 Å². The van der Waals surface area contributed by atoms with Gasteiger partial charge in [-0.25, -0.2) is 9.55 Å². The molecule has 240 valence electrons. The lowest BCUT2D eigenvalue weighted by molar-refractivity contribution is -0.150.